The van der Waals surface area contributed by atoms with Crippen molar-refractivity contribution in [2.45, 2.75) is 18.9 Å². The summed E-state index contributed by atoms with van der Waals surface area (Å²) < 4.78 is 6.39. The van der Waals surface area contributed by atoms with Gasteiger partial charge in [0, 0.05) is 19.7 Å². The minimum Gasteiger partial charge on any atom is -0.391 e. The third-order valence-corrected chi connectivity index (χ3v) is 2.53. The summed E-state index contributed by atoms with van der Waals surface area (Å²) in [5, 5.41) is 2.82. The highest BCUT2D eigenvalue weighted by molar-refractivity contribution is 5.89. The summed E-state index contributed by atoms with van der Waals surface area (Å²) in [6, 6.07) is -0.905. The van der Waals surface area contributed by atoms with Gasteiger partial charge in [0.1, 0.15) is 6.04 Å². The average Bonchev–Trinajstić information content (AvgIpc) is 2.80. The molecule has 0 fully saturated rings. The number of hydrogen-bond donors (Lipinski definition) is 3. The van der Waals surface area contributed by atoms with Crippen molar-refractivity contribution in [3.63, 3.8) is 0 Å². The van der Waals surface area contributed by atoms with E-state index in [0.717, 1.165) is 6.42 Å². The van der Waals surface area contributed by atoms with E-state index in [2.05, 4.69) is 15.0 Å². The zero-order valence-electron chi connectivity index (χ0n) is 11.5. The van der Waals surface area contributed by atoms with Crippen LogP contribution in [0.4, 0.5) is 0 Å². The van der Waals surface area contributed by atoms with Crippen LogP contribution >= 0.6 is 0 Å². The summed E-state index contributed by atoms with van der Waals surface area (Å²) in [7, 11) is 1.82. The van der Waals surface area contributed by atoms with Crippen LogP contribution in [0, 0.1) is 0 Å². The molecule has 1 atom stereocenters. The van der Waals surface area contributed by atoms with Crippen LogP contribution in [0.1, 0.15) is 12.1 Å². The molecule has 0 radical (unpaired) electrons. The number of rotatable bonds is 8. The van der Waals surface area contributed by atoms with Crippen LogP contribution < -0.4 is 16.8 Å². The Bertz CT molecular complexity index is 446. The molecule has 0 aromatic carbocycles. The fourth-order valence-corrected chi connectivity index (χ4v) is 1.52. The Kier molecular flexibility index (Phi) is 6.85. The monoisotopic (exact) mass is 283 g/mol. The average molecular weight is 283 g/mol. The second-order valence-electron chi connectivity index (χ2n) is 4.45. The number of hydrogen-bond acceptors (Lipinski definition) is 7. The number of ether oxygens (including phenoxy) is 1. The highest BCUT2D eigenvalue weighted by Crippen LogP contribution is 2.00. The number of aromatic nitrogens is 2. The van der Waals surface area contributed by atoms with E-state index in [1.54, 1.807) is 17.1 Å². The van der Waals surface area contributed by atoms with Gasteiger partial charge >= 0.3 is 11.9 Å². The number of esters is 2. The van der Waals surface area contributed by atoms with Crippen LogP contribution in [0.5, 0.6) is 0 Å². The molecule has 1 aromatic rings. The Morgan fingerprint density at radius 3 is 2.90 bits per heavy atom. The van der Waals surface area contributed by atoms with E-state index in [1.807, 2.05) is 7.05 Å². The molecule has 20 heavy (non-hydrogen) atoms. The molecule has 0 aliphatic carbocycles. The summed E-state index contributed by atoms with van der Waals surface area (Å²) in [6.45, 7) is 1.09. The molecule has 0 saturated heterocycles. The van der Waals surface area contributed by atoms with Gasteiger partial charge in [0.05, 0.1) is 18.6 Å². The lowest BCUT2D eigenvalue weighted by Gasteiger charge is -2.09. The van der Waals surface area contributed by atoms with Crippen LogP contribution in [0.25, 0.3) is 0 Å². The van der Waals surface area contributed by atoms with E-state index in [1.165, 1.54) is 0 Å². The third-order valence-electron chi connectivity index (χ3n) is 2.53. The molecule has 1 rings (SSSR count). The summed E-state index contributed by atoms with van der Waals surface area (Å²) in [4.78, 5) is 27.0. The van der Waals surface area contributed by atoms with Crippen molar-refractivity contribution in [1.29, 1.82) is 0 Å². The maximum atomic E-state index is 11.6. The first-order valence-electron chi connectivity index (χ1n) is 6.40. The molecule has 0 amide bonds. The quantitative estimate of drug-likeness (QED) is 0.295. The predicted octanol–water partition coefficient (Wildman–Crippen LogP) is -1.70. The van der Waals surface area contributed by atoms with Crippen molar-refractivity contribution in [3.05, 3.63) is 18.2 Å². The van der Waals surface area contributed by atoms with Gasteiger partial charge in [0.2, 0.25) is 0 Å². The number of nitrogens with two attached hydrogens (primary N) is 2. The maximum Gasteiger partial charge on any atom is 0.330 e. The van der Waals surface area contributed by atoms with Crippen molar-refractivity contribution >= 4 is 11.9 Å². The van der Waals surface area contributed by atoms with E-state index >= 15 is 0 Å². The van der Waals surface area contributed by atoms with Gasteiger partial charge < -0.3 is 26.1 Å². The van der Waals surface area contributed by atoms with Gasteiger partial charge in [0.15, 0.2) is 0 Å². The number of nitrogens with zero attached hydrogens (tertiary/aromatic N) is 2. The molecular weight excluding hydrogens is 262 g/mol. The van der Waals surface area contributed by atoms with Crippen LogP contribution in [0.15, 0.2) is 12.5 Å². The summed E-state index contributed by atoms with van der Waals surface area (Å²) in [5.41, 5.74) is 11.6. The Morgan fingerprint density at radius 2 is 2.30 bits per heavy atom. The normalized spacial score (nSPS) is 12.2. The summed E-state index contributed by atoms with van der Waals surface area (Å²) >= 11 is 0. The topological polar surface area (TPSA) is 125 Å². The number of carbonyl (C=O) groups is 2. The molecule has 0 aliphatic heterocycles. The first kappa shape index (κ1) is 16.3. The van der Waals surface area contributed by atoms with Crippen LogP contribution in [-0.4, -0.2) is 47.2 Å². The van der Waals surface area contributed by atoms with Crippen LogP contribution in [-0.2, 0) is 27.8 Å². The van der Waals surface area contributed by atoms with E-state index in [4.69, 9.17) is 11.5 Å². The molecule has 5 N–H and O–H groups in total. The molecule has 0 saturated carbocycles. The molecule has 1 heterocycles. The first-order chi connectivity index (χ1) is 9.52. The Labute approximate surface area is 117 Å². The van der Waals surface area contributed by atoms with Crippen molar-refractivity contribution in [1.82, 2.24) is 14.9 Å². The lowest BCUT2D eigenvalue weighted by molar-refractivity contribution is -0.159. The Morgan fingerprint density at radius 1 is 1.55 bits per heavy atom. The number of nitrogens with one attached hydrogen (secondary N) is 1. The zero-order chi connectivity index (χ0) is 15.0. The molecular formula is C12H21N5O3. The fourth-order valence-electron chi connectivity index (χ4n) is 1.52. The molecule has 1 aromatic heterocycles. The Balaban J connectivity index is 2.28. The summed E-state index contributed by atoms with van der Waals surface area (Å²) in [5.74, 6) is -1.40. The van der Waals surface area contributed by atoms with E-state index in [-0.39, 0.29) is 13.0 Å². The molecule has 0 spiro atoms. The number of aryl methyl sites for hydroxylation is 1. The van der Waals surface area contributed by atoms with E-state index in [0.29, 0.717) is 18.8 Å². The van der Waals surface area contributed by atoms with Gasteiger partial charge in [-0.3, -0.25) is 4.79 Å². The highest BCUT2D eigenvalue weighted by atomic mass is 16.6. The standard InChI is InChI=1S/C12H21N5O3/c1-17-7-9(16-8-17)5-10(14)12(19)20-11(18)6-15-4-2-3-13/h7-8,10,15H,2-6,13-14H2,1H3/t10-/m1/s1. The molecule has 0 bridgehead atoms. The minimum absolute atomic E-state index is 0.0396. The van der Waals surface area contributed by atoms with Crippen molar-refractivity contribution in [2.24, 2.45) is 18.5 Å². The lowest BCUT2D eigenvalue weighted by atomic mass is 10.2. The predicted molar refractivity (Wildman–Crippen MR) is 72.5 cm³/mol. The lowest BCUT2D eigenvalue weighted by Crippen LogP contribution is -2.38. The molecule has 8 heteroatoms. The van der Waals surface area contributed by atoms with Gasteiger partial charge in [-0.25, -0.2) is 9.78 Å². The number of carbonyl (C=O) groups excluding carboxylic acids is 2. The maximum absolute atomic E-state index is 11.6. The van der Waals surface area contributed by atoms with Crippen molar-refractivity contribution < 1.29 is 14.3 Å². The van der Waals surface area contributed by atoms with Crippen LogP contribution in [0.2, 0.25) is 0 Å². The smallest absolute Gasteiger partial charge is 0.330 e. The highest BCUT2D eigenvalue weighted by Gasteiger charge is 2.19. The molecule has 8 nitrogen and oxygen atoms in total. The molecule has 112 valence electrons. The van der Waals surface area contributed by atoms with E-state index in [9.17, 15) is 9.59 Å². The Hall–Kier alpha value is -1.77. The minimum atomic E-state index is -0.905. The van der Waals surface area contributed by atoms with Gasteiger partial charge in [-0.05, 0) is 19.5 Å². The van der Waals surface area contributed by atoms with Crippen molar-refractivity contribution in [3.8, 4) is 0 Å². The zero-order valence-corrected chi connectivity index (χ0v) is 11.5. The molecule has 0 aliphatic rings. The first-order valence-corrected chi connectivity index (χ1v) is 6.40. The van der Waals surface area contributed by atoms with Gasteiger partial charge in [-0.1, -0.05) is 0 Å². The third kappa shape index (κ3) is 5.91. The largest absolute Gasteiger partial charge is 0.391 e. The van der Waals surface area contributed by atoms with Crippen LogP contribution in [0.3, 0.4) is 0 Å². The summed E-state index contributed by atoms with van der Waals surface area (Å²) in [6.07, 6.45) is 4.34. The fraction of sp³-hybridized carbons (Fsp3) is 0.583. The van der Waals surface area contributed by atoms with Crippen molar-refractivity contribution in [2.75, 3.05) is 19.6 Å². The molecule has 0 unspecified atom stereocenters. The van der Waals surface area contributed by atoms with Gasteiger partial charge in [0.25, 0.3) is 0 Å². The van der Waals surface area contributed by atoms with Gasteiger partial charge in [-0.2, -0.15) is 0 Å². The second-order valence-corrected chi connectivity index (χ2v) is 4.45. The second kappa shape index (κ2) is 8.41. The van der Waals surface area contributed by atoms with Gasteiger partial charge in [-0.15, -0.1) is 0 Å². The number of imidazole rings is 1. The van der Waals surface area contributed by atoms with E-state index < -0.39 is 18.0 Å². The SMILES string of the molecule is Cn1cnc(C[C@@H](N)C(=O)OC(=O)CNCCCN)c1.